The average Bonchev–Trinajstić information content (AvgIpc) is 2.08. The molecule has 0 aliphatic heterocycles. The molecule has 0 spiro atoms. The first-order valence-corrected chi connectivity index (χ1v) is 3.32. The summed E-state index contributed by atoms with van der Waals surface area (Å²) in [5.41, 5.74) is 5.43. The van der Waals surface area contributed by atoms with Crippen LogP contribution in [0.25, 0.3) is 0 Å². The first-order chi connectivity index (χ1) is 5.66. The van der Waals surface area contributed by atoms with Crippen LogP contribution in [0.4, 0.5) is 5.69 Å². The Morgan fingerprint density at radius 1 is 1.75 bits per heavy atom. The van der Waals surface area contributed by atoms with Crippen molar-refractivity contribution >= 4 is 11.6 Å². The SMILES string of the molecule is CNC(=O)c1nccc(N)c1O. The Hall–Kier alpha value is -1.78. The summed E-state index contributed by atoms with van der Waals surface area (Å²) < 4.78 is 0. The normalized spacial score (nSPS) is 9.42. The molecule has 64 valence electrons. The van der Waals surface area contributed by atoms with Gasteiger partial charge in [-0.25, -0.2) is 4.98 Å². The van der Waals surface area contributed by atoms with Crippen LogP contribution in [0.5, 0.6) is 5.75 Å². The molecule has 5 heteroatoms. The lowest BCUT2D eigenvalue weighted by atomic mass is 10.3. The minimum Gasteiger partial charge on any atom is -0.504 e. The smallest absolute Gasteiger partial charge is 0.273 e. The van der Waals surface area contributed by atoms with Gasteiger partial charge >= 0.3 is 0 Å². The molecule has 1 heterocycles. The number of pyridine rings is 1. The van der Waals surface area contributed by atoms with Gasteiger partial charge in [0, 0.05) is 13.2 Å². The lowest BCUT2D eigenvalue weighted by molar-refractivity contribution is 0.0955. The van der Waals surface area contributed by atoms with Crippen LogP contribution in [0.3, 0.4) is 0 Å². The van der Waals surface area contributed by atoms with Gasteiger partial charge in [-0.3, -0.25) is 4.79 Å². The molecule has 1 rings (SSSR count). The maximum atomic E-state index is 11.0. The van der Waals surface area contributed by atoms with Crippen molar-refractivity contribution in [3.8, 4) is 5.75 Å². The highest BCUT2D eigenvalue weighted by Gasteiger charge is 2.12. The monoisotopic (exact) mass is 167 g/mol. The van der Waals surface area contributed by atoms with Crippen molar-refractivity contribution in [3.05, 3.63) is 18.0 Å². The molecule has 0 unspecified atom stereocenters. The second kappa shape index (κ2) is 3.08. The van der Waals surface area contributed by atoms with Gasteiger partial charge in [-0.2, -0.15) is 0 Å². The molecule has 4 N–H and O–H groups in total. The molecule has 5 nitrogen and oxygen atoms in total. The van der Waals surface area contributed by atoms with Crippen molar-refractivity contribution in [1.29, 1.82) is 0 Å². The van der Waals surface area contributed by atoms with Crippen molar-refractivity contribution in [2.45, 2.75) is 0 Å². The van der Waals surface area contributed by atoms with Gasteiger partial charge < -0.3 is 16.2 Å². The summed E-state index contributed by atoms with van der Waals surface area (Å²) in [6, 6.07) is 1.42. The van der Waals surface area contributed by atoms with Gasteiger partial charge in [0.15, 0.2) is 11.4 Å². The third-order valence-electron chi connectivity index (χ3n) is 1.40. The van der Waals surface area contributed by atoms with Crippen molar-refractivity contribution in [1.82, 2.24) is 10.3 Å². The number of rotatable bonds is 1. The molecule has 1 aromatic rings. The van der Waals surface area contributed by atoms with Gasteiger partial charge in [0.05, 0.1) is 5.69 Å². The number of amides is 1. The van der Waals surface area contributed by atoms with Crippen LogP contribution >= 0.6 is 0 Å². The lowest BCUT2D eigenvalue weighted by Crippen LogP contribution is -2.19. The Kier molecular flexibility index (Phi) is 2.14. The topological polar surface area (TPSA) is 88.2 Å². The van der Waals surface area contributed by atoms with Gasteiger partial charge in [-0.05, 0) is 6.07 Å². The molecule has 12 heavy (non-hydrogen) atoms. The Bertz CT molecular complexity index is 312. The third-order valence-corrected chi connectivity index (χ3v) is 1.40. The number of nitrogens with two attached hydrogens (primary N) is 1. The van der Waals surface area contributed by atoms with Crippen molar-refractivity contribution in [2.75, 3.05) is 12.8 Å². The molecule has 0 aliphatic rings. The number of hydrogen-bond donors (Lipinski definition) is 3. The number of anilines is 1. The van der Waals surface area contributed by atoms with Crippen molar-refractivity contribution in [2.24, 2.45) is 0 Å². The van der Waals surface area contributed by atoms with Crippen LogP contribution in [0.15, 0.2) is 12.3 Å². The maximum Gasteiger partial charge on any atom is 0.273 e. The molecule has 0 aliphatic carbocycles. The summed E-state index contributed by atoms with van der Waals surface area (Å²) in [6.07, 6.45) is 1.36. The molecule has 0 saturated carbocycles. The molecule has 0 atom stereocenters. The molecule has 0 radical (unpaired) electrons. The summed E-state index contributed by atoms with van der Waals surface area (Å²) in [7, 11) is 1.45. The molecule has 0 fully saturated rings. The second-order valence-electron chi connectivity index (χ2n) is 2.18. The van der Waals surface area contributed by atoms with E-state index in [1.165, 1.54) is 19.3 Å². The summed E-state index contributed by atoms with van der Waals surface area (Å²) >= 11 is 0. The zero-order chi connectivity index (χ0) is 9.14. The Labute approximate surface area is 69.2 Å². The second-order valence-corrected chi connectivity index (χ2v) is 2.18. The average molecular weight is 167 g/mol. The quantitative estimate of drug-likeness (QED) is 0.537. The number of nitrogen functional groups attached to an aromatic ring is 1. The highest BCUT2D eigenvalue weighted by Crippen LogP contribution is 2.21. The maximum absolute atomic E-state index is 11.0. The van der Waals surface area contributed by atoms with E-state index < -0.39 is 5.91 Å². The van der Waals surface area contributed by atoms with Crippen LogP contribution in [-0.2, 0) is 0 Å². The number of carbonyl (C=O) groups excluding carboxylic acids is 1. The Morgan fingerprint density at radius 3 is 3.00 bits per heavy atom. The highest BCUT2D eigenvalue weighted by molar-refractivity contribution is 5.96. The Balaban J connectivity index is 3.16. The van der Waals surface area contributed by atoms with E-state index in [1.807, 2.05) is 0 Å². The van der Waals surface area contributed by atoms with Crippen LogP contribution in [0.2, 0.25) is 0 Å². The summed E-state index contributed by atoms with van der Waals surface area (Å²) in [6.45, 7) is 0. The minimum absolute atomic E-state index is 0.0579. The standard InChI is InChI=1S/C7H9N3O2/c1-9-7(12)5-6(11)4(8)2-3-10-5/h2-3,11H,1H3,(H2,8,10)(H,9,12). The zero-order valence-electron chi connectivity index (χ0n) is 6.53. The van der Waals surface area contributed by atoms with Crippen molar-refractivity contribution < 1.29 is 9.90 Å². The number of nitrogens with one attached hydrogen (secondary N) is 1. The predicted molar refractivity (Wildman–Crippen MR) is 43.7 cm³/mol. The first-order valence-electron chi connectivity index (χ1n) is 3.32. The number of aromatic hydroxyl groups is 1. The first kappa shape index (κ1) is 8.32. The fourth-order valence-corrected chi connectivity index (χ4v) is 0.753. The highest BCUT2D eigenvalue weighted by atomic mass is 16.3. The van der Waals surface area contributed by atoms with Gasteiger partial charge in [-0.1, -0.05) is 0 Å². The van der Waals surface area contributed by atoms with E-state index in [-0.39, 0.29) is 17.1 Å². The van der Waals surface area contributed by atoms with Crippen LogP contribution in [0, 0.1) is 0 Å². The van der Waals surface area contributed by atoms with Crippen LogP contribution in [-0.4, -0.2) is 23.0 Å². The van der Waals surface area contributed by atoms with Gasteiger partial charge in [0.25, 0.3) is 5.91 Å². The number of carbonyl (C=O) groups is 1. The van der Waals surface area contributed by atoms with Gasteiger partial charge in [0.1, 0.15) is 0 Å². The number of nitrogens with zero attached hydrogens (tertiary/aromatic N) is 1. The van der Waals surface area contributed by atoms with Gasteiger partial charge in [-0.15, -0.1) is 0 Å². The predicted octanol–water partition coefficient (Wildman–Crippen LogP) is -0.271. The lowest BCUT2D eigenvalue weighted by Gasteiger charge is -2.02. The third kappa shape index (κ3) is 1.29. The summed E-state index contributed by atoms with van der Waals surface area (Å²) in [5, 5.41) is 11.6. The molecular formula is C7H9N3O2. The van der Waals surface area contributed by atoms with E-state index in [0.29, 0.717) is 0 Å². The fraction of sp³-hybridized carbons (Fsp3) is 0.143. The van der Waals surface area contributed by atoms with Crippen LogP contribution in [0.1, 0.15) is 10.5 Å². The summed E-state index contributed by atoms with van der Waals surface area (Å²) in [5.74, 6) is -0.739. The molecule has 0 aromatic carbocycles. The zero-order valence-corrected chi connectivity index (χ0v) is 6.53. The largest absolute Gasteiger partial charge is 0.504 e. The van der Waals surface area contributed by atoms with Crippen LogP contribution < -0.4 is 11.1 Å². The van der Waals surface area contributed by atoms with E-state index >= 15 is 0 Å². The molecule has 1 aromatic heterocycles. The molecule has 0 saturated heterocycles. The van der Waals surface area contributed by atoms with E-state index in [9.17, 15) is 9.90 Å². The van der Waals surface area contributed by atoms with E-state index in [4.69, 9.17) is 5.73 Å². The van der Waals surface area contributed by atoms with Crippen molar-refractivity contribution in [3.63, 3.8) is 0 Å². The van der Waals surface area contributed by atoms with E-state index in [0.717, 1.165) is 0 Å². The summed E-state index contributed by atoms with van der Waals surface area (Å²) in [4.78, 5) is 14.7. The van der Waals surface area contributed by atoms with E-state index in [1.54, 1.807) is 0 Å². The minimum atomic E-state index is -0.459. The van der Waals surface area contributed by atoms with Gasteiger partial charge in [0.2, 0.25) is 0 Å². The Morgan fingerprint density at radius 2 is 2.42 bits per heavy atom. The molecule has 0 bridgehead atoms. The molecule has 1 amide bonds. The van der Waals surface area contributed by atoms with E-state index in [2.05, 4.69) is 10.3 Å². The number of aromatic nitrogens is 1. The molecular weight excluding hydrogens is 158 g/mol. The fourth-order valence-electron chi connectivity index (χ4n) is 0.753. The number of hydrogen-bond acceptors (Lipinski definition) is 4.